The lowest BCUT2D eigenvalue weighted by Gasteiger charge is -2.27. The average molecular weight is 286 g/mol. The number of hydrogen-bond acceptors (Lipinski definition) is 4. The van der Waals surface area contributed by atoms with Gasteiger partial charge in [0.05, 0.1) is 25.0 Å². The lowest BCUT2D eigenvalue weighted by molar-refractivity contribution is 0.0733. The highest BCUT2D eigenvalue weighted by Gasteiger charge is 2.25. The van der Waals surface area contributed by atoms with E-state index in [0.717, 1.165) is 0 Å². The molecule has 1 heterocycles. The summed E-state index contributed by atoms with van der Waals surface area (Å²) in [6.07, 6.45) is -0.733. The predicted octanol–water partition coefficient (Wildman–Crippen LogP) is 0.729. The fraction of sp³-hybridized carbons (Fsp3) is 0.500. The van der Waals surface area contributed by atoms with E-state index in [1.54, 1.807) is 31.2 Å². The van der Waals surface area contributed by atoms with Gasteiger partial charge in [-0.25, -0.2) is 0 Å². The molecule has 1 aliphatic heterocycles. The van der Waals surface area contributed by atoms with Gasteiger partial charge in [0, 0.05) is 18.7 Å². The number of benzene rings is 1. The smallest absolute Gasteiger partial charge is 0.301 e. The second-order valence-electron chi connectivity index (χ2n) is 4.38. The lowest BCUT2D eigenvalue weighted by Crippen LogP contribution is -2.43. The minimum atomic E-state index is -3.60. The van der Waals surface area contributed by atoms with Crippen LogP contribution in [-0.4, -0.2) is 44.1 Å². The van der Waals surface area contributed by atoms with Crippen LogP contribution in [0.3, 0.4) is 0 Å². The molecule has 19 heavy (non-hydrogen) atoms. The molecule has 0 saturated carbocycles. The van der Waals surface area contributed by atoms with Crippen LogP contribution in [0, 0.1) is 0 Å². The number of aliphatic hydroxyl groups excluding tert-OH is 1. The minimum absolute atomic E-state index is 0.339. The van der Waals surface area contributed by atoms with Crippen LogP contribution in [0.15, 0.2) is 24.3 Å². The maximum atomic E-state index is 12.2. The lowest BCUT2D eigenvalue weighted by atomic mass is 10.1. The highest BCUT2D eigenvalue weighted by Crippen LogP contribution is 2.24. The molecule has 1 aromatic carbocycles. The molecule has 0 aromatic heterocycles. The van der Waals surface area contributed by atoms with E-state index in [9.17, 15) is 13.5 Å². The molecule has 1 fully saturated rings. The summed E-state index contributed by atoms with van der Waals surface area (Å²) < 4.78 is 33.4. The van der Waals surface area contributed by atoms with Crippen molar-refractivity contribution in [3.8, 4) is 0 Å². The Morgan fingerprint density at radius 1 is 1.32 bits per heavy atom. The summed E-state index contributed by atoms with van der Waals surface area (Å²) in [5.74, 6) is 0. The zero-order valence-electron chi connectivity index (χ0n) is 10.7. The fourth-order valence-electron chi connectivity index (χ4n) is 1.94. The molecular formula is C12H18N2O4S. The second kappa shape index (κ2) is 5.87. The number of nitrogens with one attached hydrogen (secondary N) is 1. The van der Waals surface area contributed by atoms with E-state index in [1.807, 2.05) is 0 Å². The first-order valence-electron chi connectivity index (χ1n) is 6.13. The van der Waals surface area contributed by atoms with Gasteiger partial charge in [-0.1, -0.05) is 18.2 Å². The van der Waals surface area contributed by atoms with Gasteiger partial charge in [0.15, 0.2) is 0 Å². The van der Waals surface area contributed by atoms with Gasteiger partial charge in [0.1, 0.15) is 0 Å². The Kier molecular flexibility index (Phi) is 4.41. The summed E-state index contributed by atoms with van der Waals surface area (Å²) in [7, 11) is -3.60. The first-order chi connectivity index (χ1) is 9.00. The summed E-state index contributed by atoms with van der Waals surface area (Å²) in [6.45, 7) is 3.08. The molecule has 0 amide bonds. The van der Waals surface area contributed by atoms with Crippen LogP contribution in [0.25, 0.3) is 0 Å². The van der Waals surface area contributed by atoms with Gasteiger partial charge in [-0.15, -0.1) is 0 Å². The topological polar surface area (TPSA) is 78.9 Å². The third-order valence-electron chi connectivity index (χ3n) is 2.96. The van der Waals surface area contributed by atoms with Gasteiger partial charge >= 0.3 is 10.2 Å². The van der Waals surface area contributed by atoms with Crippen molar-refractivity contribution in [2.75, 3.05) is 31.0 Å². The molecule has 0 spiro atoms. The first-order valence-corrected chi connectivity index (χ1v) is 7.57. The van der Waals surface area contributed by atoms with Crippen LogP contribution in [0.2, 0.25) is 0 Å². The van der Waals surface area contributed by atoms with Crippen molar-refractivity contribution in [1.82, 2.24) is 4.31 Å². The van der Waals surface area contributed by atoms with Crippen molar-refractivity contribution in [1.29, 1.82) is 0 Å². The zero-order chi connectivity index (χ0) is 13.9. The van der Waals surface area contributed by atoms with Gasteiger partial charge in [-0.2, -0.15) is 12.7 Å². The monoisotopic (exact) mass is 286 g/mol. The Balaban J connectivity index is 2.20. The Morgan fingerprint density at radius 3 is 2.58 bits per heavy atom. The van der Waals surface area contributed by atoms with E-state index in [1.165, 1.54) is 4.31 Å². The van der Waals surface area contributed by atoms with E-state index >= 15 is 0 Å². The van der Waals surface area contributed by atoms with Crippen LogP contribution in [-0.2, 0) is 14.9 Å². The number of rotatable bonds is 4. The van der Waals surface area contributed by atoms with E-state index in [0.29, 0.717) is 37.6 Å². The van der Waals surface area contributed by atoms with Crippen LogP contribution < -0.4 is 4.72 Å². The van der Waals surface area contributed by atoms with Crippen molar-refractivity contribution in [2.24, 2.45) is 0 Å². The molecule has 0 aliphatic carbocycles. The molecule has 0 bridgehead atoms. The van der Waals surface area contributed by atoms with Crippen molar-refractivity contribution >= 4 is 15.9 Å². The molecule has 7 heteroatoms. The third kappa shape index (κ3) is 3.44. The maximum absolute atomic E-state index is 12.2. The molecule has 2 N–H and O–H groups in total. The summed E-state index contributed by atoms with van der Waals surface area (Å²) in [5, 5.41) is 9.64. The van der Waals surface area contributed by atoms with Crippen molar-refractivity contribution in [3.05, 3.63) is 29.8 Å². The Bertz CT molecular complexity index is 524. The number of anilines is 1. The van der Waals surface area contributed by atoms with Crippen molar-refractivity contribution in [3.63, 3.8) is 0 Å². The third-order valence-corrected chi connectivity index (χ3v) is 4.48. The molecule has 106 valence electrons. The van der Waals surface area contributed by atoms with E-state index in [2.05, 4.69) is 4.72 Å². The van der Waals surface area contributed by atoms with Crippen molar-refractivity contribution in [2.45, 2.75) is 13.0 Å². The van der Waals surface area contributed by atoms with Crippen LogP contribution in [0.5, 0.6) is 0 Å². The standard InChI is InChI=1S/C12H18N2O4S/c1-10(15)11-4-2-3-5-12(11)13-19(16,17)14-6-8-18-9-7-14/h2-5,10,13,15H,6-9H2,1H3. The highest BCUT2D eigenvalue weighted by atomic mass is 32.2. The summed E-state index contributed by atoms with van der Waals surface area (Å²) >= 11 is 0. The highest BCUT2D eigenvalue weighted by molar-refractivity contribution is 7.90. The Hall–Kier alpha value is -1.15. The first kappa shape index (κ1) is 14.3. The average Bonchev–Trinajstić information content (AvgIpc) is 2.39. The number of nitrogens with zero attached hydrogens (tertiary/aromatic N) is 1. The zero-order valence-corrected chi connectivity index (χ0v) is 11.6. The molecule has 1 atom stereocenters. The van der Waals surface area contributed by atoms with E-state index in [-0.39, 0.29) is 0 Å². The number of hydrogen-bond donors (Lipinski definition) is 2. The van der Waals surface area contributed by atoms with E-state index in [4.69, 9.17) is 4.74 Å². The second-order valence-corrected chi connectivity index (χ2v) is 6.05. The van der Waals surface area contributed by atoms with Crippen LogP contribution in [0.4, 0.5) is 5.69 Å². The van der Waals surface area contributed by atoms with Crippen LogP contribution in [0.1, 0.15) is 18.6 Å². The molecule has 1 aromatic rings. The number of para-hydroxylation sites is 1. The quantitative estimate of drug-likeness (QED) is 0.855. The normalized spacial score (nSPS) is 19.1. The maximum Gasteiger partial charge on any atom is 0.301 e. The molecule has 0 radical (unpaired) electrons. The van der Waals surface area contributed by atoms with Gasteiger partial charge in [-0.05, 0) is 13.0 Å². The largest absolute Gasteiger partial charge is 0.389 e. The molecule has 2 rings (SSSR count). The molecule has 1 saturated heterocycles. The van der Waals surface area contributed by atoms with Gasteiger partial charge in [0.2, 0.25) is 0 Å². The van der Waals surface area contributed by atoms with Crippen LogP contribution >= 0.6 is 0 Å². The fourth-order valence-corrected chi connectivity index (χ4v) is 3.17. The molecule has 1 aliphatic rings. The van der Waals surface area contributed by atoms with Gasteiger partial charge in [0.25, 0.3) is 0 Å². The molecule has 1 unspecified atom stereocenters. The van der Waals surface area contributed by atoms with Gasteiger partial charge < -0.3 is 9.84 Å². The molecular weight excluding hydrogens is 268 g/mol. The molecule has 6 nitrogen and oxygen atoms in total. The Morgan fingerprint density at radius 2 is 1.95 bits per heavy atom. The Labute approximate surface area is 113 Å². The summed E-state index contributed by atoms with van der Waals surface area (Å²) in [5.41, 5.74) is 0.961. The number of morpholine rings is 1. The van der Waals surface area contributed by atoms with Crippen molar-refractivity contribution < 1.29 is 18.3 Å². The SMILES string of the molecule is CC(O)c1ccccc1NS(=O)(=O)N1CCOCC1. The van der Waals surface area contributed by atoms with Gasteiger partial charge in [-0.3, -0.25) is 4.72 Å². The number of aliphatic hydroxyl groups is 1. The summed E-state index contributed by atoms with van der Waals surface area (Å²) in [6, 6.07) is 6.82. The minimum Gasteiger partial charge on any atom is -0.389 e. The predicted molar refractivity (Wildman–Crippen MR) is 72.0 cm³/mol. The number of ether oxygens (including phenoxy) is 1. The van der Waals surface area contributed by atoms with E-state index < -0.39 is 16.3 Å². The summed E-state index contributed by atoms with van der Waals surface area (Å²) in [4.78, 5) is 0.